The third kappa shape index (κ3) is 5.13. The number of morpholine rings is 1. The van der Waals surface area contributed by atoms with E-state index in [0.717, 1.165) is 38.4 Å². The molecule has 0 aromatic carbocycles. The van der Waals surface area contributed by atoms with Gasteiger partial charge in [-0.2, -0.15) is 5.10 Å². The van der Waals surface area contributed by atoms with E-state index in [2.05, 4.69) is 34.3 Å². The SMILES string of the molecule is Cc1cc(C(=O)NCC[C@@H]2CN(CC(C)C)CCO2)n[nH]1. The lowest BCUT2D eigenvalue weighted by Crippen LogP contribution is -2.45. The molecule has 1 aromatic heterocycles. The van der Waals surface area contributed by atoms with Crippen LogP contribution in [0.15, 0.2) is 6.07 Å². The summed E-state index contributed by atoms with van der Waals surface area (Å²) in [5.41, 5.74) is 1.33. The number of rotatable bonds is 6. The molecule has 6 nitrogen and oxygen atoms in total. The number of hydrogen-bond acceptors (Lipinski definition) is 4. The second-order valence-electron chi connectivity index (χ2n) is 6.13. The summed E-state index contributed by atoms with van der Waals surface area (Å²) in [4.78, 5) is 14.3. The molecule has 1 aromatic rings. The van der Waals surface area contributed by atoms with Gasteiger partial charge in [-0.25, -0.2) is 0 Å². The Labute approximate surface area is 126 Å². The first kappa shape index (κ1) is 16.0. The largest absolute Gasteiger partial charge is 0.375 e. The number of nitrogens with zero attached hydrogens (tertiary/aromatic N) is 2. The van der Waals surface area contributed by atoms with Gasteiger partial charge in [-0.1, -0.05) is 13.8 Å². The summed E-state index contributed by atoms with van der Waals surface area (Å²) in [6.45, 7) is 10.8. The number of aromatic nitrogens is 2. The molecular weight excluding hydrogens is 268 g/mol. The Morgan fingerprint density at radius 3 is 3.10 bits per heavy atom. The van der Waals surface area contributed by atoms with Crippen LogP contribution in [-0.4, -0.2) is 59.9 Å². The first-order valence-electron chi connectivity index (χ1n) is 7.68. The van der Waals surface area contributed by atoms with Gasteiger partial charge >= 0.3 is 0 Å². The molecule has 1 atom stereocenters. The normalized spacial score (nSPS) is 19.9. The van der Waals surface area contributed by atoms with Gasteiger partial charge in [-0.3, -0.25) is 14.8 Å². The number of amides is 1. The van der Waals surface area contributed by atoms with Crippen LogP contribution < -0.4 is 5.32 Å². The lowest BCUT2D eigenvalue weighted by Gasteiger charge is -2.33. The molecule has 1 saturated heterocycles. The van der Waals surface area contributed by atoms with Crippen molar-refractivity contribution in [1.29, 1.82) is 0 Å². The molecule has 1 amide bonds. The van der Waals surface area contributed by atoms with E-state index in [9.17, 15) is 4.79 Å². The van der Waals surface area contributed by atoms with E-state index in [4.69, 9.17) is 4.74 Å². The quantitative estimate of drug-likeness (QED) is 0.827. The molecule has 1 aliphatic heterocycles. The van der Waals surface area contributed by atoms with Gasteiger partial charge in [0.2, 0.25) is 0 Å². The molecule has 2 N–H and O–H groups in total. The van der Waals surface area contributed by atoms with Gasteiger partial charge in [0.25, 0.3) is 5.91 Å². The Kier molecular flexibility index (Phi) is 5.76. The summed E-state index contributed by atoms with van der Waals surface area (Å²) in [7, 11) is 0. The van der Waals surface area contributed by atoms with Crippen LogP contribution >= 0.6 is 0 Å². The van der Waals surface area contributed by atoms with Gasteiger partial charge in [0.15, 0.2) is 0 Å². The van der Waals surface area contributed by atoms with Crippen molar-refractivity contribution in [3.63, 3.8) is 0 Å². The number of aryl methyl sites for hydroxylation is 1. The number of aromatic amines is 1. The van der Waals surface area contributed by atoms with Gasteiger partial charge in [0, 0.05) is 31.9 Å². The maximum Gasteiger partial charge on any atom is 0.271 e. The van der Waals surface area contributed by atoms with Crippen LogP contribution in [0.1, 0.15) is 36.5 Å². The first-order chi connectivity index (χ1) is 10.0. The third-order valence-corrected chi connectivity index (χ3v) is 3.54. The van der Waals surface area contributed by atoms with Gasteiger partial charge in [-0.15, -0.1) is 0 Å². The van der Waals surface area contributed by atoms with E-state index in [0.29, 0.717) is 18.2 Å². The van der Waals surface area contributed by atoms with Crippen molar-refractivity contribution in [2.24, 2.45) is 5.92 Å². The highest BCUT2D eigenvalue weighted by atomic mass is 16.5. The van der Waals surface area contributed by atoms with Crippen LogP contribution in [0.4, 0.5) is 0 Å². The maximum atomic E-state index is 11.9. The lowest BCUT2D eigenvalue weighted by molar-refractivity contribution is -0.0344. The van der Waals surface area contributed by atoms with Crippen molar-refractivity contribution in [3.8, 4) is 0 Å². The number of carbonyl (C=O) groups excluding carboxylic acids is 1. The fourth-order valence-electron chi connectivity index (χ4n) is 2.61. The van der Waals surface area contributed by atoms with Gasteiger partial charge in [-0.05, 0) is 25.3 Å². The first-order valence-corrected chi connectivity index (χ1v) is 7.68. The Morgan fingerprint density at radius 1 is 1.62 bits per heavy atom. The predicted octanol–water partition coefficient (Wildman–Crippen LogP) is 1.19. The van der Waals surface area contributed by atoms with Gasteiger partial charge in [0.1, 0.15) is 5.69 Å². The van der Waals surface area contributed by atoms with Gasteiger partial charge < -0.3 is 10.1 Å². The summed E-state index contributed by atoms with van der Waals surface area (Å²) in [6.07, 6.45) is 1.04. The second kappa shape index (κ2) is 7.56. The monoisotopic (exact) mass is 294 g/mol. The predicted molar refractivity (Wildman–Crippen MR) is 81.3 cm³/mol. The Balaban J connectivity index is 1.69. The van der Waals surface area contributed by atoms with Crippen LogP contribution in [-0.2, 0) is 4.74 Å². The molecule has 0 saturated carbocycles. The van der Waals surface area contributed by atoms with E-state index in [-0.39, 0.29) is 12.0 Å². The topological polar surface area (TPSA) is 70.2 Å². The zero-order chi connectivity index (χ0) is 15.2. The summed E-state index contributed by atoms with van der Waals surface area (Å²) in [5.74, 6) is 0.542. The Bertz CT molecular complexity index is 458. The van der Waals surface area contributed by atoms with E-state index in [1.807, 2.05) is 6.92 Å². The number of hydrogen-bond donors (Lipinski definition) is 2. The average molecular weight is 294 g/mol. The molecule has 1 fully saturated rings. The average Bonchev–Trinajstić information content (AvgIpc) is 2.85. The Morgan fingerprint density at radius 2 is 2.43 bits per heavy atom. The molecular formula is C15H26N4O2. The molecule has 0 aliphatic carbocycles. The highest BCUT2D eigenvalue weighted by molar-refractivity contribution is 5.92. The van der Waals surface area contributed by atoms with Crippen molar-refractivity contribution < 1.29 is 9.53 Å². The molecule has 0 spiro atoms. The lowest BCUT2D eigenvalue weighted by atomic mass is 10.1. The molecule has 1 aliphatic rings. The fourth-order valence-corrected chi connectivity index (χ4v) is 2.61. The minimum absolute atomic E-state index is 0.130. The summed E-state index contributed by atoms with van der Waals surface area (Å²) >= 11 is 0. The van der Waals surface area contributed by atoms with E-state index < -0.39 is 0 Å². The third-order valence-electron chi connectivity index (χ3n) is 3.54. The summed E-state index contributed by atoms with van der Waals surface area (Å²) in [5, 5.41) is 9.62. The highest BCUT2D eigenvalue weighted by Crippen LogP contribution is 2.10. The fraction of sp³-hybridized carbons (Fsp3) is 0.733. The standard InChI is InChI=1S/C15H26N4O2/c1-11(2)9-19-6-7-21-13(10-19)4-5-16-15(20)14-8-12(3)17-18-14/h8,11,13H,4-7,9-10H2,1-3H3,(H,16,20)(H,17,18)/t13-/m1/s1. The highest BCUT2D eigenvalue weighted by Gasteiger charge is 2.21. The van der Waals surface area contributed by atoms with E-state index in [1.54, 1.807) is 6.07 Å². The Hall–Kier alpha value is -1.40. The molecule has 21 heavy (non-hydrogen) atoms. The number of nitrogens with one attached hydrogen (secondary N) is 2. The minimum Gasteiger partial charge on any atom is -0.375 e. The van der Waals surface area contributed by atoms with Crippen molar-refractivity contribution in [2.75, 3.05) is 32.8 Å². The van der Waals surface area contributed by atoms with Crippen LogP contribution in [0.3, 0.4) is 0 Å². The molecule has 2 rings (SSSR count). The van der Waals surface area contributed by atoms with Crippen LogP contribution in [0.25, 0.3) is 0 Å². The molecule has 6 heteroatoms. The van der Waals surface area contributed by atoms with Crippen LogP contribution in [0.5, 0.6) is 0 Å². The molecule has 2 heterocycles. The molecule has 118 valence electrons. The molecule has 0 bridgehead atoms. The minimum atomic E-state index is -0.130. The number of H-pyrrole nitrogens is 1. The number of carbonyl (C=O) groups is 1. The zero-order valence-electron chi connectivity index (χ0n) is 13.2. The van der Waals surface area contributed by atoms with Crippen molar-refractivity contribution in [1.82, 2.24) is 20.4 Å². The van der Waals surface area contributed by atoms with E-state index >= 15 is 0 Å². The smallest absolute Gasteiger partial charge is 0.271 e. The van der Waals surface area contributed by atoms with Crippen LogP contribution in [0, 0.1) is 12.8 Å². The zero-order valence-corrected chi connectivity index (χ0v) is 13.2. The second-order valence-corrected chi connectivity index (χ2v) is 6.13. The summed E-state index contributed by atoms with van der Waals surface area (Å²) < 4.78 is 5.77. The van der Waals surface area contributed by atoms with E-state index in [1.165, 1.54) is 0 Å². The van der Waals surface area contributed by atoms with Crippen molar-refractivity contribution in [2.45, 2.75) is 33.3 Å². The number of ether oxygens (including phenoxy) is 1. The molecule has 0 radical (unpaired) electrons. The van der Waals surface area contributed by atoms with Crippen LogP contribution in [0.2, 0.25) is 0 Å². The maximum absolute atomic E-state index is 11.9. The summed E-state index contributed by atoms with van der Waals surface area (Å²) in [6, 6.07) is 1.75. The van der Waals surface area contributed by atoms with Crippen molar-refractivity contribution in [3.05, 3.63) is 17.5 Å². The molecule has 0 unspecified atom stereocenters. The van der Waals surface area contributed by atoms with Crippen molar-refractivity contribution >= 4 is 5.91 Å². The van der Waals surface area contributed by atoms with Gasteiger partial charge in [0.05, 0.1) is 12.7 Å².